The first-order chi connectivity index (χ1) is 12.7. The van der Waals surface area contributed by atoms with E-state index in [-0.39, 0.29) is 12.0 Å². The Hall–Kier alpha value is -3.06. The normalized spacial score (nSPS) is 15.2. The first-order valence-electron chi connectivity index (χ1n) is 8.38. The topological polar surface area (TPSA) is 92.0 Å². The molecular formula is C19H20N2O5. The second-order valence-electron chi connectivity index (χ2n) is 5.93. The molecule has 2 N–H and O–H groups in total. The van der Waals surface area contributed by atoms with Crippen molar-refractivity contribution < 1.29 is 24.0 Å². The molecule has 0 saturated carbocycles. The van der Waals surface area contributed by atoms with Gasteiger partial charge in [-0.15, -0.1) is 0 Å². The van der Waals surface area contributed by atoms with Crippen LogP contribution in [0.5, 0.6) is 5.75 Å². The second-order valence-corrected chi connectivity index (χ2v) is 5.93. The first kappa shape index (κ1) is 17.8. The average molecular weight is 356 g/mol. The lowest BCUT2D eigenvalue weighted by atomic mass is 10.1. The van der Waals surface area contributed by atoms with Gasteiger partial charge in [-0.2, -0.15) is 0 Å². The van der Waals surface area contributed by atoms with E-state index in [0.717, 1.165) is 5.56 Å². The minimum atomic E-state index is -0.607. The van der Waals surface area contributed by atoms with Crippen LogP contribution < -0.4 is 10.2 Å². The molecule has 26 heavy (non-hydrogen) atoms. The Morgan fingerprint density at radius 1 is 1.19 bits per heavy atom. The molecule has 0 bridgehead atoms. The number of amides is 2. The Bertz CT molecular complexity index is 777. The third kappa shape index (κ3) is 4.31. The summed E-state index contributed by atoms with van der Waals surface area (Å²) in [4.78, 5) is 25.2. The molecule has 1 aromatic heterocycles. The molecule has 1 aliphatic rings. The van der Waals surface area contributed by atoms with E-state index in [1.54, 1.807) is 28.6 Å². The highest BCUT2D eigenvalue weighted by Gasteiger charge is 2.26. The molecule has 7 nitrogen and oxygen atoms in total. The number of nitrogens with one attached hydrogen (secondary N) is 1. The van der Waals surface area contributed by atoms with Gasteiger partial charge in [0.1, 0.15) is 11.9 Å². The zero-order valence-corrected chi connectivity index (χ0v) is 14.1. The number of rotatable bonds is 5. The van der Waals surface area contributed by atoms with Crippen molar-refractivity contribution in [2.45, 2.75) is 18.9 Å². The number of ether oxygens (including phenoxy) is 1. The first-order valence-corrected chi connectivity index (χ1v) is 8.38. The molecule has 0 aliphatic carbocycles. The third-order valence-corrected chi connectivity index (χ3v) is 4.20. The van der Waals surface area contributed by atoms with Gasteiger partial charge in [-0.25, -0.2) is 5.48 Å². The minimum Gasteiger partial charge on any atom is -0.490 e. The lowest BCUT2D eigenvalue weighted by molar-refractivity contribution is -0.124. The number of furan rings is 1. The molecule has 2 heterocycles. The number of carbonyl (C=O) groups excluding carboxylic acids is 2. The van der Waals surface area contributed by atoms with Crippen molar-refractivity contribution in [3.05, 3.63) is 60.1 Å². The maximum absolute atomic E-state index is 12.3. The number of likely N-dealkylation sites (tertiary alicyclic amines) is 1. The Kier molecular flexibility index (Phi) is 5.70. The van der Waals surface area contributed by atoms with Crippen LogP contribution >= 0.6 is 0 Å². The summed E-state index contributed by atoms with van der Waals surface area (Å²) in [6.07, 6.45) is 5.70. The quantitative estimate of drug-likeness (QED) is 0.488. The minimum absolute atomic E-state index is 0.0168. The molecule has 1 aromatic carbocycles. The van der Waals surface area contributed by atoms with E-state index in [9.17, 15) is 9.59 Å². The highest BCUT2D eigenvalue weighted by atomic mass is 16.5. The Balaban J connectivity index is 1.59. The molecule has 0 radical (unpaired) electrons. The van der Waals surface area contributed by atoms with Crippen LogP contribution in [-0.4, -0.2) is 41.1 Å². The van der Waals surface area contributed by atoms with E-state index in [1.165, 1.54) is 12.3 Å². The Morgan fingerprint density at radius 2 is 1.96 bits per heavy atom. The van der Waals surface area contributed by atoms with E-state index < -0.39 is 5.91 Å². The number of para-hydroxylation sites is 1. The molecule has 136 valence electrons. The maximum Gasteiger partial charge on any atom is 0.289 e. The zero-order valence-electron chi connectivity index (χ0n) is 14.1. The SMILES string of the molecule is O=C(/C=C/c1ccccc1OC1CCN(C(=O)c2ccco2)CC1)NO. The molecule has 0 spiro atoms. The van der Waals surface area contributed by atoms with Crippen LogP contribution in [0.25, 0.3) is 6.08 Å². The summed E-state index contributed by atoms with van der Waals surface area (Å²) in [5, 5.41) is 8.56. The number of hydroxylamine groups is 1. The Morgan fingerprint density at radius 3 is 2.65 bits per heavy atom. The Labute approximate surface area is 150 Å². The van der Waals surface area contributed by atoms with Crippen LogP contribution in [0, 0.1) is 0 Å². The van der Waals surface area contributed by atoms with Crippen molar-refractivity contribution in [3.8, 4) is 5.75 Å². The largest absolute Gasteiger partial charge is 0.490 e. The van der Waals surface area contributed by atoms with Gasteiger partial charge >= 0.3 is 0 Å². The van der Waals surface area contributed by atoms with E-state index >= 15 is 0 Å². The number of piperidine rings is 1. The summed E-state index contributed by atoms with van der Waals surface area (Å²) in [6, 6.07) is 10.7. The molecule has 2 aromatic rings. The van der Waals surface area contributed by atoms with E-state index in [1.807, 2.05) is 24.3 Å². The molecular weight excluding hydrogens is 336 g/mol. The molecule has 1 aliphatic heterocycles. The molecule has 7 heteroatoms. The van der Waals surface area contributed by atoms with Crippen molar-refractivity contribution in [2.24, 2.45) is 0 Å². The molecule has 2 amide bonds. The van der Waals surface area contributed by atoms with Crippen molar-refractivity contribution in [2.75, 3.05) is 13.1 Å². The predicted octanol–water partition coefficient (Wildman–Crippen LogP) is 2.48. The van der Waals surface area contributed by atoms with Crippen molar-refractivity contribution in [3.63, 3.8) is 0 Å². The van der Waals surface area contributed by atoms with Crippen LogP contribution in [0.1, 0.15) is 29.0 Å². The van der Waals surface area contributed by atoms with Crippen LogP contribution in [0.2, 0.25) is 0 Å². The summed E-state index contributed by atoms with van der Waals surface area (Å²) < 4.78 is 11.2. The van der Waals surface area contributed by atoms with E-state index in [2.05, 4.69) is 0 Å². The second kappa shape index (κ2) is 8.35. The molecule has 0 unspecified atom stereocenters. The van der Waals surface area contributed by atoms with Crippen LogP contribution in [-0.2, 0) is 4.79 Å². The smallest absolute Gasteiger partial charge is 0.289 e. The predicted molar refractivity (Wildman–Crippen MR) is 93.7 cm³/mol. The number of nitrogens with zero attached hydrogens (tertiary/aromatic N) is 1. The molecule has 1 saturated heterocycles. The standard InChI is InChI=1S/C19H20N2O5/c22-18(20-24)8-7-14-4-1-2-5-16(14)26-15-9-11-21(12-10-15)19(23)17-6-3-13-25-17/h1-8,13,15,24H,9-12H2,(H,20,22)/b8-7+. The molecule has 1 fully saturated rings. The highest BCUT2D eigenvalue weighted by molar-refractivity contribution is 5.91. The van der Waals surface area contributed by atoms with E-state index in [4.69, 9.17) is 14.4 Å². The number of carbonyl (C=O) groups is 2. The van der Waals surface area contributed by atoms with Crippen molar-refractivity contribution in [1.29, 1.82) is 0 Å². The van der Waals surface area contributed by atoms with Gasteiger partial charge < -0.3 is 14.1 Å². The summed E-state index contributed by atoms with van der Waals surface area (Å²) >= 11 is 0. The van der Waals surface area contributed by atoms with Crippen LogP contribution in [0.15, 0.2) is 53.2 Å². The fraction of sp³-hybridized carbons (Fsp3) is 0.263. The zero-order chi connectivity index (χ0) is 18.4. The van der Waals surface area contributed by atoms with Gasteiger partial charge in [-0.05, 0) is 24.3 Å². The molecule has 3 rings (SSSR count). The van der Waals surface area contributed by atoms with Gasteiger partial charge in [0.25, 0.3) is 11.8 Å². The number of benzene rings is 1. The monoisotopic (exact) mass is 356 g/mol. The maximum atomic E-state index is 12.3. The van der Waals surface area contributed by atoms with Crippen LogP contribution in [0.4, 0.5) is 0 Å². The molecule has 0 atom stereocenters. The van der Waals surface area contributed by atoms with Gasteiger partial charge in [-0.3, -0.25) is 14.8 Å². The summed E-state index contributed by atoms with van der Waals surface area (Å²) in [5.74, 6) is 0.295. The fourth-order valence-electron chi connectivity index (χ4n) is 2.84. The number of hydrogen-bond acceptors (Lipinski definition) is 5. The van der Waals surface area contributed by atoms with Gasteiger partial charge in [0.05, 0.1) is 6.26 Å². The van der Waals surface area contributed by atoms with Crippen molar-refractivity contribution >= 4 is 17.9 Å². The van der Waals surface area contributed by atoms with Gasteiger partial charge in [0, 0.05) is 37.6 Å². The van der Waals surface area contributed by atoms with E-state index in [0.29, 0.717) is 37.4 Å². The lowest BCUT2D eigenvalue weighted by Crippen LogP contribution is -2.41. The lowest BCUT2D eigenvalue weighted by Gasteiger charge is -2.32. The van der Waals surface area contributed by atoms with Crippen LogP contribution in [0.3, 0.4) is 0 Å². The van der Waals surface area contributed by atoms with Crippen molar-refractivity contribution in [1.82, 2.24) is 10.4 Å². The summed E-state index contributed by atoms with van der Waals surface area (Å²) in [7, 11) is 0. The third-order valence-electron chi connectivity index (χ3n) is 4.20. The summed E-state index contributed by atoms with van der Waals surface area (Å²) in [6.45, 7) is 1.18. The van der Waals surface area contributed by atoms with Gasteiger partial charge in [-0.1, -0.05) is 18.2 Å². The van der Waals surface area contributed by atoms with Gasteiger partial charge in [0.2, 0.25) is 0 Å². The average Bonchev–Trinajstić information content (AvgIpc) is 3.22. The number of hydrogen-bond donors (Lipinski definition) is 2. The summed E-state index contributed by atoms with van der Waals surface area (Å²) in [5.41, 5.74) is 2.29. The highest BCUT2D eigenvalue weighted by Crippen LogP contribution is 2.24. The fourth-order valence-corrected chi connectivity index (χ4v) is 2.84. The van der Waals surface area contributed by atoms with Gasteiger partial charge in [0.15, 0.2) is 5.76 Å².